The third-order valence-electron chi connectivity index (χ3n) is 3.49. The fourth-order valence-corrected chi connectivity index (χ4v) is 3.48. The van der Waals surface area contributed by atoms with E-state index in [1.807, 2.05) is 6.92 Å². The molecule has 0 unspecified atom stereocenters. The summed E-state index contributed by atoms with van der Waals surface area (Å²) in [5.41, 5.74) is 0.389. The van der Waals surface area contributed by atoms with Crippen LogP contribution in [0.15, 0.2) is 47.4 Å². The number of sulfonamides is 1. The molecule has 0 radical (unpaired) electrons. The van der Waals surface area contributed by atoms with E-state index in [4.69, 9.17) is 21.1 Å². The number of nitrogens with one attached hydrogen (secondary N) is 2. The Morgan fingerprint density at radius 3 is 2.44 bits per heavy atom. The zero-order valence-electron chi connectivity index (χ0n) is 15.0. The van der Waals surface area contributed by atoms with Gasteiger partial charge in [-0.25, -0.2) is 8.42 Å². The Bertz CT molecular complexity index is 885. The van der Waals surface area contributed by atoms with Crippen LogP contribution in [0, 0.1) is 0 Å². The van der Waals surface area contributed by atoms with Gasteiger partial charge in [-0.2, -0.15) is 0 Å². The SMILES string of the molecule is CCCNC(=O)COc1ccc(S(=O)(=O)Nc2ccc(OC)cc2)cc1Cl. The predicted molar refractivity (Wildman–Crippen MR) is 104 cm³/mol. The van der Waals surface area contributed by atoms with E-state index in [-0.39, 0.29) is 28.2 Å². The van der Waals surface area contributed by atoms with Gasteiger partial charge in [0.25, 0.3) is 15.9 Å². The van der Waals surface area contributed by atoms with Gasteiger partial charge < -0.3 is 14.8 Å². The van der Waals surface area contributed by atoms with Crippen LogP contribution in [0.25, 0.3) is 0 Å². The Kier molecular flexibility index (Phi) is 7.32. The number of ether oxygens (including phenoxy) is 2. The van der Waals surface area contributed by atoms with E-state index in [0.717, 1.165) is 6.42 Å². The second-order valence-electron chi connectivity index (χ2n) is 5.56. The molecule has 0 saturated carbocycles. The topological polar surface area (TPSA) is 93.7 Å². The molecule has 0 aliphatic rings. The molecule has 0 atom stereocenters. The maximum absolute atomic E-state index is 12.5. The van der Waals surface area contributed by atoms with Crippen molar-refractivity contribution in [3.05, 3.63) is 47.5 Å². The van der Waals surface area contributed by atoms with E-state index < -0.39 is 10.0 Å². The van der Waals surface area contributed by atoms with Crippen molar-refractivity contribution in [1.82, 2.24) is 5.32 Å². The monoisotopic (exact) mass is 412 g/mol. The van der Waals surface area contributed by atoms with Crippen LogP contribution in [0.1, 0.15) is 13.3 Å². The molecule has 0 aliphatic heterocycles. The van der Waals surface area contributed by atoms with Crippen molar-refractivity contribution in [1.29, 1.82) is 0 Å². The maximum Gasteiger partial charge on any atom is 0.261 e. The highest BCUT2D eigenvalue weighted by Crippen LogP contribution is 2.28. The van der Waals surface area contributed by atoms with Crippen LogP contribution in [-0.4, -0.2) is 34.6 Å². The van der Waals surface area contributed by atoms with Gasteiger partial charge in [0.05, 0.1) is 17.0 Å². The molecule has 0 heterocycles. The van der Waals surface area contributed by atoms with Crippen LogP contribution < -0.4 is 19.5 Å². The quantitative estimate of drug-likeness (QED) is 0.660. The number of amides is 1. The zero-order chi connectivity index (χ0) is 19.9. The van der Waals surface area contributed by atoms with Crippen molar-refractivity contribution in [3.8, 4) is 11.5 Å². The first-order chi connectivity index (χ1) is 12.9. The first kappa shape index (κ1) is 20.9. The maximum atomic E-state index is 12.5. The molecule has 2 rings (SSSR count). The minimum atomic E-state index is -3.83. The van der Waals surface area contributed by atoms with E-state index >= 15 is 0 Å². The summed E-state index contributed by atoms with van der Waals surface area (Å²) in [5, 5.41) is 2.76. The Labute approximate surface area is 163 Å². The van der Waals surface area contributed by atoms with Crippen molar-refractivity contribution < 1.29 is 22.7 Å². The van der Waals surface area contributed by atoms with Crippen molar-refractivity contribution in [2.45, 2.75) is 18.2 Å². The number of carbonyl (C=O) groups excluding carboxylic acids is 1. The van der Waals surface area contributed by atoms with Gasteiger partial charge in [0.2, 0.25) is 0 Å². The molecule has 0 aromatic heterocycles. The van der Waals surface area contributed by atoms with E-state index in [2.05, 4.69) is 10.0 Å². The molecule has 1 amide bonds. The molecule has 7 nitrogen and oxygen atoms in total. The van der Waals surface area contributed by atoms with E-state index in [9.17, 15) is 13.2 Å². The molecule has 9 heteroatoms. The number of hydrogen-bond donors (Lipinski definition) is 2. The molecule has 0 fully saturated rings. The van der Waals surface area contributed by atoms with Crippen molar-refractivity contribution in [3.63, 3.8) is 0 Å². The fraction of sp³-hybridized carbons (Fsp3) is 0.278. The van der Waals surface area contributed by atoms with Crippen molar-refractivity contribution >= 4 is 33.2 Å². The summed E-state index contributed by atoms with van der Waals surface area (Å²) in [4.78, 5) is 11.5. The number of anilines is 1. The first-order valence-corrected chi connectivity index (χ1v) is 10.1. The molecule has 0 saturated heterocycles. The van der Waals surface area contributed by atoms with Crippen LogP contribution in [0.3, 0.4) is 0 Å². The van der Waals surface area contributed by atoms with Crippen LogP contribution in [0.2, 0.25) is 5.02 Å². The van der Waals surface area contributed by atoms with E-state index in [0.29, 0.717) is 18.0 Å². The summed E-state index contributed by atoms with van der Waals surface area (Å²) in [6, 6.07) is 10.5. The Morgan fingerprint density at radius 1 is 1.15 bits per heavy atom. The second-order valence-corrected chi connectivity index (χ2v) is 7.65. The summed E-state index contributed by atoms with van der Waals surface area (Å²) < 4.78 is 37.8. The van der Waals surface area contributed by atoms with Gasteiger partial charge in [-0.15, -0.1) is 0 Å². The molecule has 0 aliphatic carbocycles. The number of hydrogen-bond acceptors (Lipinski definition) is 5. The van der Waals surface area contributed by atoms with Gasteiger partial charge >= 0.3 is 0 Å². The molecule has 2 N–H and O–H groups in total. The largest absolute Gasteiger partial charge is 0.497 e. The van der Waals surface area contributed by atoms with Gasteiger partial charge in [-0.3, -0.25) is 9.52 Å². The Morgan fingerprint density at radius 2 is 1.85 bits per heavy atom. The highest BCUT2D eigenvalue weighted by molar-refractivity contribution is 7.92. The lowest BCUT2D eigenvalue weighted by Gasteiger charge is -2.11. The average Bonchev–Trinajstić information content (AvgIpc) is 2.65. The summed E-state index contributed by atoms with van der Waals surface area (Å²) in [6.45, 7) is 2.30. The summed E-state index contributed by atoms with van der Waals surface area (Å²) >= 11 is 6.10. The molecule has 2 aromatic carbocycles. The second kappa shape index (κ2) is 9.48. The first-order valence-electron chi connectivity index (χ1n) is 8.21. The van der Waals surface area contributed by atoms with Gasteiger partial charge in [-0.05, 0) is 48.9 Å². The minimum absolute atomic E-state index is 0.0221. The molecular formula is C18H21ClN2O5S. The Balaban J connectivity index is 2.07. The van der Waals surface area contributed by atoms with E-state index in [1.54, 1.807) is 24.3 Å². The fourth-order valence-electron chi connectivity index (χ4n) is 2.10. The lowest BCUT2D eigenvalue weighted by molar-refractivity contribution is -0.123. The smallest absolute Gasteiger partial charge is 0.261 e. The molecule has 2 aromatic rings. The van der Waals surface area contributed by atoms with Crippen LogP contribution >= 0.6 is 11.6 Å². The average molecular weight is 413 g/mol. The minimum Gasteiger partial charge on any atom is -0.497 e. The van der Waals surface area contributed by atoms with Gasteiger partial charge in [0, 0.05) is 12.2 Å². The molecule has 27 heavy (non-hydrogen) atoms. The zero-order valence-corrected chi connectivity index (χ0v) is 16.6. The summed E-state index contributed by atoms with van der Waals surface area (Å²) in [7, 11) is -2.30. The molecular weight excluding hydrogens is 392 g/mol. The standard InChI is InChI=1S/C18H21ClN2O5S/c1-3-10-20-18(22)12-26-17-9-8-15(11-16(17)19)27(23,24)21-13-4-6-14(25-2)7-5-13/h4-9,11,21H,3,10,12H2,1-2H3,(H,20,22). The van der Waals surface area contributed by atoms with Crippen LogP contribution in [0.4, 0.5) is 5.69 Å². The van der Waals surface area contributed by atoms with E-state index in [1.165, 1.54) is 25.3 Å². The highest BCUT2D eigenvalue weighted by Gasteiger charge is 2.17. The summed E-state index contributed by atoms with van der Waals surface area (Å²) in [5.74, 6) is 0.572. The van der Waals surface area contributed by atoms with Crippen LogP contribution in [-0.2, 0) is 14.8 Å². The van der Waals surface area contributed by atoms with Crippen molar-refractivity contribution in [2.75, 3.05) is 25.0 Å². The van der Waals surface area contributed by atoms with Crippen LogP contribution in [0.5, 0.6) is 11.5 Å². The lowest BCUT2D eigenvalue weighted by atomic mass is 10.3. The number of benzene rings is 2. The molecule has 0 bridgehead atoms. The van der Waals surface area contributed by atoms with Crippen molar-refractivity contribution in [2.24, 2.45) is 0 Å². The number of rotatable bonds is 9. The number of methoxy groups -OCH3 is 1. The van der Waals surface area contributed by atoms with Gasteiger partial charge in [-0.1, -0.05) is 18.5 Å². The van der Waals surface area contributed by atoms with Gasteiger partial charge in [0.15, 0.2) is 6.61 Å². The van der Waals surface area contributed by atoms with Gasteiger partial charge in [0.1, 0.15) is 11.5 Å². The number of halogens is 1. The highest BCUT2D eigenvalue weighted by atomic mass is 35.5. The predicted octanol–water partition coefficient (Wildman–Crippen LogP) is 3.05. The Hall–Kier alpha value is -2.45. The molecule has 0 spiro atoms. The summed E-state index contributed by atoms with van der Waals surface area (Å²) in [6.07, 6.45) is 0.820. The third-order valence-corrected chi connectivity index (χ3v) is 5.16. The lowest BCUT2D eigenvalue weighted by Crippen LogP contribution is -2.29. The molecule has 146 valence electrons. The number of carbonyl (C=O) groups is 1. The normalized spacial score (nSPS) is 10.9. The third kappa shape index (κ3) is 6.04.